The zero-order valence-corrected chi connectivity index (χ0v) is 8.61. The molecule has 0 aliphatic heterocycles. The smallest absolute Gasteiger partial charge is 0.265 e. The van der Waals surface area contributed by atoms with Crippen molar-refractivity contribution in [2.45, 2.75) is 19.5 Å². The highest BCUT2D eigenvalue weighted by Crippen LogP contribution is 2.12. The van der Waals surface area contributed by atoms with Gasteiger partial charge in [-0.3, -0.25) is 5.43 Å². The molecule has 1 aromatic rings. The summed E-state index contributed by atoms with van der Waals surface area (Å²) >= 11 is 0. The maximum atomic E-state index is 12.0. The summed E-state index contributed by atoms with van der Waals surface area (Å²) in [5.41, 5.74) is 2.90. The summed E-state index contributed by atoms with van der Waals surface area (Å²) in [6.07, 6.45) is -3.04. The summed E-state index contributed by atoms with van der Waals surface area (Å²) in [7, 11) is 0. The van der Waals surface area contributed by atoms with E-state index in [0.717, 1.165) is 0 Å². The van der Waals surface area contributed by atoms with Crippen molar-refractivity contribution in [2.24, 2.45) is 5.84 Å². The summed E-state index contributed by atoms with van der Waals surface area (Å²) in [6, 6.07) is 0. The minimum absolute atomic E-state index is 0.166. The molecule has 8 heteroatoms. The van der Waals surface area contributed by atoms with Crippen LogP contribution in [0.15, 0.2) is 6.20 Å². The monoisotopic (exact) mass is 233 g/mol. The lowest BCUT2D eigenvalue weighted by Crippen LogP contribution is -2.27. The van der Waals surface area contributed by atoms with Crippen molar-refractivity contribution in [3.8, 4) is 0 Å². The van der Waals surface area contributed by atoms with Crippen LogP contribution < -0.4 is 16.6 Å². The first-order valence-corrected chi connectivity index (χ1v) is 4.55. The molecule has 90 valence electrons. The van der Waals surface area contributed by atoms with Gasteiger partial charge in [0.05, 0.1) is 0 Å². The average molecular weight is 233 g/mol. The molecule has 0 radical (unpaired) electrons. The Hall–Kier alpha value is -1.54. The van der Waals surface area contributed by atoms with Gasteiger partial charge in [0, 0.05) is 18.3 Å². The Bertz CT molecular complexity index is 349. The highest BCUT2D eigenvalue weighted by Gasteiger charge is 2.16. The van der Waals surface area contributed by atoms with E-state index in [1.54, 1.807) is 6.92 Å². The number of aliphatic hydroxyl groups is 1. The van der Waals surface area contributed by atoms with Crippen molar-refractivity contribution in [1.29, 1.82) is 0 Å². The summed E-state index contributed by atoms with van der Waals surface area (Å²) < 4.78 is 24.0. The number of alkyl halides is 2. The van der Waals surface area contributed by atoms with Gasteiger partial charge < -0.3 is 10.4 Å². The summed E-state index contributed by atoms with van der Waals surface area (Å²) in [5.74, 6) is 5.62. The van der Waals surface area contributed by atoms with E-state index in [1.807, 2.05) is 0 Å². The lowest BCUT2D eigenvalue weighted by Gasteiger charge is -2.13. The van der Waals surface area contributed by atoms with E-state index in [0.29, 0.717) is 11.4 Å². The van der Waals surface area contributed by atoms with Crippen molar-refractivity contribution in [1.82, 2.24) is 9.97 Å². The molecular weight excluding hydrogens is 220 g/mol. The van der Waals surface area contributed by atoms with Gasteiger partial charge in [0.1, 0.15) is 11.9 Å². The molecule has 0 amide bonds. The first kappa shape index (κ1) is 12.5. The molecule has 6 nitrogen and oxygen atoms in total. The fraction of sp³-hybridized carbons (Fsp3) is 0.500. The van der Waals surface area contributed by atoms with Crippen molar-refractivity contribution >= 4 is 11.8 Å². The fourth-order valence-electron chi connectivity index (χ4n) is 0.981. The standard InChI is InChI=1S/C8H13F2N5O/c1-4-2-13-8(15-11)14-7(4)12-3-5(16)6(9)10/h2,5-6,16H,3,11H2,1H3,(H2,12,13,14,15). The van der Waals surface area contributed by atoms with Crippen LogP contribution in [0.5, 0.6) is 0 Å². The van der Waals surface area contributed by atoms with Gasteiger partial charge in [-0.05, 0) is 6.92 Å². The van der Waals surface area contributed by atoms with Crippen LogP contribution in [0.1, 0.15) is 5.56 Å². The Kier molecular flexibility index (Phi) is 4.32. The van der Waals surface area contributed by atoms with Gasteiger partial charge in [0.25, 0.3) is 6.43 Å². The topological polar surface area (TPSA) is 96.1 Å². The summed E-state index contributed by atoms with van der Waals surface area (Å²) in [5, 5.41) is 11.5. The number of rotatable bonds is 5. The van der Waals surface area contributed by atoms with Crippen molar-refractivity contribution < 1.29 is 13.9 Å². The van der Waals surface area contributed by atoms with Crippen LogP contribution in [0.3, 0.4) is 0 Å². The molecule has 0 aromatic carbocycles. The second kappa shape index (κ2) is 5.52. The van der Waals surface area contributed by atoms with Crippen molar-refractivity contribution in [3.63, 3.8) is 0 Å². The van der Waals surface area contributed by atoms with Crippen LogP contribution in [0.4, 0.5) is 20.5 Å². The minimum atomic E-state index is -2.79. The average Bonchev–Trinajstić information content (AvgIpc) is 2.27. The number of aromatic nitrogens is 2. The molecule has 1 atom stereocenters. The molecule has 16 heavy (non-hydrogen) atoms. The second-order valence-electron chi connectivity index (χ2n) is 3.15. The number of nitrogens with one attached hydrogen (secondary N) is 2. The van der Waals surface area contributed by atoms with E-state index in [1.165, 1.54) is 6.20 Å². The van der Waals surface area contributed by atoms with Crippen LogP contribution in [-0.4, -0.2) is 34.1 Å². The SMILES string of the molecule is Cc1cnc(NN)nc1NCC(O)C(F)F. The zero-order valence-electron chi connectivity index (χ0n) is 8.61. The highest BCUT2D eigenvalue weighted by atomic mass is 19.3. The van der Waals surface area contributed by atoms with E-state index in [2.05, 4.69) is 20.7 Å². The van der Waals surface area contributed by atoms with Gasteiger partial charge in [0.15, 0.2) is 0 Å². The molecule has 1 rings (SSSR count). The van der Waals surface area contributed by atoms with Crippen molar-refractivity contribution in [2.75, 3.05) is 17.3 Å². The molecule has 0 saturated carbocycles. The molecule has 0 aliphatic rings. The molecule has 0 spiro atoms. The fourth-order valence-corrected chi connectivity index (χ4v) is 0.981. The van der Waals surface area contributed by atoms with Crippen LogP contribution in [0.2, 0.25) is 0 Å². The number of hydrogen-bond donors (Lipinski definition) is 4. The number of hydrogen-bond acceptors (Lipinski definition) is 6. The number of aryl methyl sites for hydroxylation is 1. The number of nitrogens with two attached hydrogens (primary N) is 1. The molecule has 0 aliphatic carbocycles. The van der Waals surface area contributed by atoms with Gasteiger partial charge >= 0.3 is 0 Å². The van der Waals surface area contributed by atoms with Crippen molar-refractivity contribution in [3.05, 3.63) is 11.8 Å². The number of aliphatic hydroxyl groups excluding tert-OH is 1. The Morgan fingerprint density at radius 2 is 2.25 bits per heavy atom. The maximum absolute atomic E-state index is 12.0. The lowest BCUT2D eigenvalue weighted by molar-refractivity contribution is 0.00380. The number of anilines is 2. The van der Waals surface area contributed by atoms with Crippen LogP contribution >= 0.6 is 0 Å². The summed E-state index contributed by atoms with van der Waals surface area (Å²) in [4.78, 5) is 7.73. The molecule has 0 fully saturated rings. The Labute approximate surface area is 90.9 Å². The van der Waals surface area contributed by atoms with Gasteiger partial charge in [-0.1, -0.05) is 0 Å². The minimum Gasteiger partial charge on any atom is -0.385 e. The van der Waals surface area contributed by atoms with Crippen LogP contribution in [-0.2, 0) is 0 Å². The molecule has 1 heterocycles. The van der Waals surface area contributed by atoms with Gasteiger partial charge in [-0.15, -0.1) is 0 Å². The Morgan fingerprint density at radius 3 is 2.81 bits per heavy atom. The maximum Gasteiger partial charge on any atom is 0.265 e. The molecular formula is C8H13F2N5O. The second-order valence-corrected chi connectivity index (χ2v) is 3.15. The van der Waals surface area contributed by atoms with E-state index in [9.17, 15) is 8.78 Å². The number of nitrogen functional groups attached to an aromatic ring is 1. The molecule has 0 bridgehead atoms. The number of nitrogens with zero attached hydrogens (tertiary/aromatic N) is 2. The van der Waals surface area contributed by atoms with E-state index < -0.39 is 12.5 Å². The molecule has 0 saturated heterocycles. The number of hydrazine groups is 1. The van der Waals surface area contributed by atoms with E-state index in [4.69, 9.17) is 10.9 Å². The lowest BCUT2D eigenvalue weighted by atomic mass is 10.3. The molecule has 1 aromatic heterocycles. The third-order valence-corrected chi connectivity index (χ3v) is 1.87. The van der Waals surface area contributed by atoms with Gasteiger partial charge in [0.2, 0.25) is 5.95 Å². The molecule has 1 unspecified atom stereocenters. The predicted molar refractivity (Wildman–Crippen MR) is 55.1 cm³/mol. The zero-order chi connectivity index (χ0) is 12.1. The van der Waals surface area contributed by atoms with E-state index in [-0.39, 0.29) is 12.5 Å². The van der Waals surface area contributed by atoms with Crippen LogP contribution in [0, 0.1) is 6.92 Å². The largest absolute Gasteiger partial charge is 0.385 e. The van der Waals surface area contributed by atoms with Gasteiger partial charge in [-0.25, -0.2) is 19.6 Å². The van der Waals surface area contributed by atoms with E-state index >= 15 is 0 Å². The third kappa shape index (κ3) is 3.24. The third-order valence-electron chi connectivity index (χ3n) is 1.87. The highest BCUT2D eigenvalue weighted by molar-refractivity contribution is 5.46. The first-order valence-electron chi connectivity index (χ1n) is 4.55. The summed E-state index contributed by atoms with van der Waals surface area (Å²) in [6.45, 7) is 1.41. The first-order chi connectivity index (χ1) is 7.54. The normalized spacial score (nSPS) is 12.6. The molecule has 5 N–H and O–H groups in total. The Morgan fingerprint density at radius 1 is 1.56 bits per heavy atom. The van der Waals surface area contributed by atoms with Crippen LogP contribution in [0.25, 0.3) is 0 Å². The quantitative estimate of drug-likeness (QED) is 0.426. The Balaban J connectivity index is 2.65. The predicted octanol–water partition coefficient (Wildman–Crippen LogP) is 0.109. The number of halogens is 2. The van der Waals surface area contributed by atoms with Gasteiger partial charge in [-0.2, -0.15) is 4.98 Å².